The number of hydrogen-bond donors (Lipinski definition) is 1. The predicted octanol–water partition coefficient (Wildman–Crippen LogP) is 2.92. The average molecular weight is 383 g/mol. The molecule has 2 aromatic rings. The zero-order valence-corrected chi connectivity index (χ0v) is 16.2. The molecular formula is C22H25NO5. The molecule has 0 saturated carbocycles. The molecule has 1 atom stereocenters. The van der Waals surface area contributed by atoms with Crippen LogP contribution in [0.4, 0.5) is 0 Å². The van der Waals surface area contributed by atoms with Crippen LogP contribution in [0.25, 0.3) is 0 Å². The third-order valence-corrected chi connectivity index (χ3v) is 4.51. The van der Waals surface area contributed by atoms with Gasteiger partial charge in [0.05, 0.1) is 18.8 Å². The molecule has 6 nitrogen and oxygen atoms in total. The standard InChI is InChI=1S/C22H25NO5/c1-3-26-18-10-9-15(13-19(18)27-4-2)11-12-23-21(24)20-14-16-7-5-6-8-17(16)22(25)28-20/h5-10,13,20H,3-4,11-12,14H2,1-2H3,(H,23,24)/t20-/m0/s1. The lowest BCUT2D eigenvalue weighted by molar-refractivity contribution is -0.130. The van der Waals surface area contributed by atoms with Crippen LogP contribution in [-0.4, -0.2) is 37.7 Å². The minimum absolute atomic E-state index is 0.279. The van der Waals surface area contributed by atoms with Gasteiger partial charge in [0.15, 0.2) is 17.6 Å². The fourth-order valence-corrected chi connectivity index (χ4v) is 3.17. The third kappa shape index (κ3) is 4.63. The molecule has 148 valence electrons. The van der Waals surface area contributed by atoms with E-state index in [0.717, 1.165) is 11.1 Å². The first-order chi connectivity index (χ1) is 13.6. The molecule has 0 aromatic heterocycles. The van der Waals surface area contributed by atoms with Gasteiger partial charge in [-0.15, -0.1) is 0 Å². The number of carbonyl (C=O) groups excluding carboxylic acids is 2. The van der Waals surface area contributed by atoms with E-state index in [2.05, 4.69) is 5.32 Å². The molecule has 0 bridgehead atoms. The summed E-state index contributed by atoms with van der Waals surface area (Å²) in [7, 11) is 0. The van der Waals surface area contributed by atoms with Gasteiger partial charge < -0.3 is 19.5 Å². The van der Waals surface area contributed by atoms with Gasteiger partial charge in [0.1, 0.15) is 0 Å². The van der Waals surface area contributed by atoms with Crippen molar-refractivity contribution in [3.05, 3.63) is 59.2 Å². The van der Waals surface area contributed by atoms with Gasteiger partial charge in [-0.05, 0) is 49.6 Å². The number of rotatable bonds is 8. The largest absolute Gasteiger partial charge is 0.490 e. The van der Waals surface area contributed by atoms with Crippen molar-refractivity contribution in [3.8, 4) is 11.5 Å². The van der Waals surface area contributed by atoms with Gasteiger partial charge in [0.25, 0.3) is 5.91 Å². The van der Waals surface area contributed by atoms with E-state index < -0.39 is 12.1 Å². The summed E-state index contributed by atoms with van der Waals surface area (Å²) in [6.07, 6.45) is 0.238. The molecule has 1 aliphatic rings. The molecule has 2 aromatic carbocycles. The van der Waals surface area contributed by atoms with Crippen LogP contribution < -0.4 is 14.8 Å². The number of fused-ring (bicyclic) bond motifs is 1. The van der Waals surface area contributed by atoms with Crippen molar-refractivity contribution in [1.82, 2.24) is 5.32 Å². The Morgan fingerprint density at radius 1 is 1.11 bits per heavy atom. The molecule has 0 unspecified atom stereocenters. The maximum Gasteiger partial charge on any atom is 0.339 e. The number of hydrogen-bond acceptors (Lipinski definition) is 5. The summed E-state index contributed by atoms with van der Waals surface area (Å²) in [4.78, 5) is 24.5. The number of ether oxygens (including phenoxy) is 3. The summed E-state index contributed by atoms with van der Waals surface area (Å²) in [6, 6.07) is 13.0. The Morgan fingerprint density at radius 2 is 1.86 bits per heavy atom. The fraction of sp³-hybridized carbons (Fsp3) is 0.364. The lowest BCUT2D eigenvalue weighted by Gasteiger charge is -2.23. The number of carbonyl (C=O) groups is 2. The van der Waals surface area contributed by atoms with Gasteiger partial charge in [-0.1, -0.05) is 24.3 Å². The van der Waals surface area contributed by atoms with Crippen molar-refractivity contribution in [2.45, 2.75) is 32.8 Å². The minimum atomic E-state index is -0.790. The summed E-state index contributed by atoms with van der Waals surface area (Å²) < 4.78 is 16.5. The van der Waals surface area contributed by atoms with E-state index in [9.17, 15) is 9.59 Å². The van der Waals surface area contributed by atoms with Crippen molar-refractivity contribution in [3.63, 3.8) is 0 Å². The molecule has 6 heteroatoms. The molecule has 0 spiro atoms. The van der Waals surface area contributed by atoms with Gasteiger partial charge in [0, 0.05) is 13.0 Å². The van der Waals surface area contributed by atoms with Crippen LogP contribution >= 0.6 is 0 Å². The van der Waals surface area contributed by atoms with E-state index in [-0.39, 0.29) is 5.91 Å². The second kappa shape index (κ2) is 9.26. The monoisotopic (exact) mass is 383 g/mol. The molecule has 28 heavy (non-hydrogen) atoms. The molecule has 1 heterocycles. The molecule has 1 N–H and O–H groups in total. The van der Waals surface area contributed by atoms with Gasteiger partial charge in [-0.25, -0.2) is 4.79 Å². The number of benzene rings is 2. The fourth-order valence-electron chi connectivity index (χ4n) is 3.17. The van der Waals surface area contributed by atoms with Crippen molar-refractivity contribution < 1.29 is 23.8 Å². The van der Waals surface area contributed by atoms with Gasteiger partial charge >= 0.3 is 5.97 Å². The van der Waals surface area contributed by atoms with Gasteiger partial charge in [-0.3, -0.25) is 4.79 Å². The first kappa shape index (κ1) is 19.7. The lowest BCUT2D eigenvalue weighted by atomic mass is 9.98. The number of nitrogens with one attached hydrogen (secondary N) is 1. The van der Waals surface area contributed by atoms with Crippen LogP contribution in [0, 0.1) is 0 Å². The molecule has 1 amide bonds. The Labute approximate surface area is 164 Å². The average Bonchev–Trinajstić information content (AvgIpc) is 2.70. The number of amides is 1. The zero-order valence-electron chi connectivity index (χ0n) is 16.2. The molecule has 0 aliphatic carbocycles. The minimum Gasteiger partial charge on any atom is -0.490 e. The smallest absolute Gasteiger partial charge is 0.339 e. The first-order valence-corrected chi connectivity index (χ1v) is 9.57. The molecule has 1 aliphatic heterocycles. The number of esters is 1. The van der Waals surface area contributed by atoms with Gasteiger partial charge in [-0.2, -0.15) is 0 Å². The summed E-state index contributed by atoms with van der Waals surface area (Å²) in [5, 5.41) is 2.86. The molecule has 0 saturated heterocycles. The third-order valence-electron chi connectivity index (χ3n) is 4.51. The highest BCUT2D eigenvalue weighted by Crippen LogP contribution is 2.28. The Bertz CT molecular complexity index is 849. The summed E-state index contributed by atoms with van der Waals surface area (Å²) >= 11 is 0. The van der Waals surface area contributed by atoms with Crippen molar-refractivity contribution >= 4 is 11.9 Å². The highest BCUT2D eigenvalue weighted by atomic mass is 16.5. The van der Waals surface area contributed by atoms with E-state index >= 15 is 0 Å². The Hall–Kier alpha value is -3.02. The summed E-state index contributed by atoms with van der Waals surface area (Å²) in [5.74, 6) is 0.685. The summed E-state index contributed by atoms with van der Waals surface area (Å²) in [6.45, 7) is 5.41. The normalized spacial score (nSPS) is 15.4. The topological polar surface area (TPSA) is 73.9 Å². The molecule has 0 radical (unpaired) electrons. The molecule has 3 rings (SSSR count). The lowest BCUT2D eigenvalue weighted by Crippen LogP contribution is -2.42. The van der Waals surface area contributed by atoms with Gasteiger partial charge in [0.2, 0.25) is 0 Å². The zero-order chi connectivity index (χ0) is 19.9. The first-order valence-electron chi connectivity index (χ1n) is 9.57. The van der Waals surface area contributed by atoms with Crippen molar-refractivity contribution in [2.75, 3.05) is 19.8 Å². The highest BCUT2D eigenvalue weighted by molar-refractivity contribution is 5.95. The molecular weight excluding hydrogens is 358 g/mol. The molecule has 0 fully saturated rings. The van der Waals surface area contributed by atoms with Crippen LogP contribution in [-0.2, 0) is 22.4 Å². The van der Waals surface area contributed by atoms with Crippen molar-refractivity contribution in [2.24, 2.45) is 0 Å². The van der Waals surface area contributed by atoms with E-state index in [0.29, 0.717) is 49.7 Å². The van der Waals surface area contributed by atoms with E-state index in [1.165, 1.54) is 0 Å². The second-order valence-corrected chi connectivity index (χ2v) is 6.44. The maximum atomic E-state index is 12.4. The SMILES string of the molecule is CCOc1ccc(CCNC(=O)[C@@H]2Cc3ccccc3C(=O)O2)cc1OCC. The van der Waals surface area contributed by atoms with Crippen LogP contribution in [0.2, 0.25) is 0 Å². The van der Waals surface area contributed by atoms with Crippen LogP contribution in [0.1, 0.15) is 35.3 Å². The van der Waals surface area contributed by atoms with E-state index in [1.807, 2.05) is 44.2 Å². The van der Waals surface area contributed by atoms with E-state index in [1.54, 1.807) is 12.1 Å². The Kier molecular flexibility index (Phi) is 6.53. The quantitative estimate of drug-likeness (QED) is 0.710. The Balaban J connectivity index is 1.56. The summed E-state index contributed by atoms with van der Waals surface area (Å²) in [5.41, 5.74) is 2.40. The maximum absolute atomic E-state index is 12.4. The second-order valence-electron chi connectivity index (χ2n) is 6.44. The van der Waals surface area contributed by atoms with Crippen LogP contribution in [0.15, 0.2) is 42.5 Å². The highest BCUT2D eigenvalue weighted by Gasteiger charge is 2.30. The van der Waals surface area contributed by atoms with Crippen LogP contribution in [0.3, 0.4) is 0 Å². The Morgan fingerprint density at radius 3 is 2.64 bits per heavy atom. The van der Waals surface area contributed by atoms with Crippen molar-refractivity contribution in [1.29, 1.82) is 0 Å². The number of cyclic esters (lactones) is 1. The predicted molar refractivity (Wildman–Crippen MR) is 105 cm³/mol. The van der Waals surface area contributed by atoms with E-state index in [4.69, 9.17) is 14.2 Å². The van der Waals surface area contributed by atoms with Crippen LogP contribution in [0.5, 0.6) is 11.5 Å².